The van der Waals surface area contributed by atoms with Gasteiger partial charge >= 0.3 is 0 Å². The highest BCUT2D eigenvalue weighted by Crippen LogP contribution is 2.25. The summed E-state index contributed by atoms with van der Waals surface area (Å²) >= 11 is 1.47. The largest absolute Gasteiger partial charge is 0.393 e. The molecule has 0 bridgehead atoms. The van der Waals surface area contributed by atoms with Crippen LogP contribution < -0.4 is 16.6 Å². The molecule has 5 N–H and O–H groups in total. The summed E-state index contributed by atoms with van der Waals surface area (Å²) in [6, 6.07) is 1.77. The normalized spacial score (nSPS) is 23.1. The highest BCUT2D eigenvalue weighted by atomic mass is 32.2. The van der Waals surface area contributed by atoms with Crippen molar-refractivity contribution in [1.29, 1.82) is 0 Å². The second-order valence-electron chi connectivity index (χ2n) is 4.76. The van der Waals surface area contributed by atoms with Crippen LogP contribution in [0.5, 0.6) is 0 Å². The fourth-order valence-corrected chi connectivity index (χ4v) is 2.72. The zero-order valence-corrected chi connectivity index (χ0v) is 11.9. The number of aliphatic hydroxyl groups excluding tert-OH is 1. The molecule has 106 valence electrons. The molecule has 1 saturated carbocycles. The van der Waals surface area contributed by atoms with Gasteiger partial charge in [0.1, 0.15) is 11.6 Å². The Kier molecular flexibility index (Phi) is 5.24. The van der Waals surface area contributed by atoms with E-state index < -0.39 is 0 Å². The minimum atomic E-state index is -0.199. The number of nitrogens with one attached hydrogen (secondary N) is 2. The molecule has 19 heavy (non-hydrogen) atoms. The molecular weight excluding hydrogens is 262 g/mol. The van der Waals surface area contributed by atoms with Crippen LogP contribution in [0.4, 0.5) is 11.6 Å². The fraction of sp³-hybridized carbons (Fsp3) is 0.667. The highest BCUT2D eigenvalue weighted by molar-refractivity contribution is 7.98. The zero-order chi connectivity index (χ0) is 13.7. The summed E-state index contributed by atoms with van der Waals surface area (Å²) < 4.78 is 0. The van der Waals surface area contributed by atoms with Crippen molar-refractivity contribution < 1.29 is 5.11 Å². The molecule has 1 aromatic rings. The Morgan fingerprint density at radius 2 is 2.11 bits per heavy atom. The van der Waals surface area contributed by atoms with Crippen molar-refractivity contribution in [3.63, 3.8) is 0 Å². The molecule has 1 aliphatic carbocycles. The first-order chi connectivity index (χ1) is 9.22. The number of aliphatic hydroxyl groups is 1. The molecule has 1 heterocycles. The summed E-state index contributed by atoms with van der Waals surface area (Å²) in [7, 11) is 0. The Morgan fingerprint density at radius 3 is 2.79 bits per heavy atom. The van der Waals surface area contributed by atoms with E-state index in [0.29, 0.717) is 16.9 Å². The van der Waals surface area contributed by atoms with E-state index in [1.807, 2.05) is 6.26 Å². The van der Waals surface area contributed by atoms with Gasteiger partial charge in [-0.1, -0.05) is 24.6 Å². The quantitative estimate of drug-likeness (QED) is 0.281. The minimum Gasteiger partial charge on any atom is -0.393 e. The summed E-state index contributed by atoms with van der Waals surface area (Å²) in [5.74, 6) is 7.02. The maximum Gasteiger partial charge on any atom is 0.191 e. The van der Waals surface area contributed by atoms with Crippen molar-refractivity contribution in [1.82, 2.24) is 9.97 Å². The number of hydrogen-bond acceptors (Lipinski definition) is 7. The summed E-state index contributed by atoms with van der Waals surface area (Å²) in [6.07, 6.45) is 6.01. The maximum atomic E-state index is 9.94. The number of nitrogens with zero attached hydrogens (tertiary/aromatic N) is 2. The third-order valence-corrected chi connectivity index (χ3v) is 4.00. The second kappa shape index (κ2) is 6.93. The lowest BCUT2D eigenvalue weighted by Crippen LogP contribution is -2.30. The molecule has 0 saturated heterocycles. The Morgan fingerprint density at radius 1 is 1.37 bits per heavy atom. The van der Waals surface area contributed by atoms with Crippen LogP contribution in [0.15, 0.2) is 11.2 Å². The van der Waals surface area contributed by atoms with Gasteiger partial charge in [0, 0.05) is 18.5 Å². The van der Waals surface area contributed by atoms with Crippen LogP contribution in [0.3, 0.4) is 0 Å². The number of nitrogens with two attached hydrogens (primary N) is 1. The first kappa shape index (κ1) is 14.4. The summed E-state index contributed by atoms with van der Waals surface area (Å²) in [5.41, 5.74) is 2.53. The Hall–Kier alpha value is -1.05. The van der Waals surface area contributed by atoms with E-state index in [1.165, 1.54) is 18.2 Å². The second-order valence-corrected chi connectivity index (χ2v) is 5.54. The average Bonchev–Trinajstić information content (AvgIpc) is 2.46. The van der Waals surface area contributed by atoms with Crippen LogP contribution in [0.25, 0.3) is 0 Å². The monoisotopic (exact) mass is 283 g/mol. The molecule has 2 rings (SSSR count). The molecule has 1 aromatic heterocycles. The highest BCUT2D eigenvalue weighted by Gasteiger charge is 2.22. The predicted molar refractivity (Wildman–Crippen MR) is 78.1 cm³/mol. The van der Waals surface area contributed by atoms with Crippen LogP contribution in [-0.4, -0.2) is 34.0 Å². The average molecular weight is 283 g/mol. The van der Waals surface area contributed by atoms with E-state index in [-0.39, 0.29) is 6.10 Å². The minimum absolute atomic E-state index is 0.199. The smallest absolute Gasteiger partial charge is 0.191 e. The number of nitrogen functional groups attached to an aromatic ring is 1. The number of thioether (sulfide) groups is 1. The lowest BCUT2D eigenvalue weighted by molar-refractivity contribution is 0.0763. The Bertz CT molecular complexity index is 395. The van der Waals surface area contributed by atoms with E-state index in [2.05, 4.69) is 20.7 Å². The van der Waals surface area contributed by atoms with Gasteiger partial charge in [-0.15, -0.1) is 0 Å². The van der Waals surface area contributed by atoms with Crippen molar-refractivity contribution in [3.05, 3.63) is 6.07 Å². The van der Waals surface area contributed by atoms with E-state index in [1.54, 1.807) is 6.07 Å². The number of hydrogen-bond donors (Lipinski definition) is 4. The molecule has 0 aromatic carbocycles. The Balaban J connectivity index is 1.98. The molecule has 0 amide bonds. The molecule has 6 nitrogen and oxygen atoms in total. The van der Waals surface area contributed by atoms with Crippen LogP contribution >= 0.6 is 11.8 Å². The van der Waals surface area contributed by atoms with Gasteiger partial charge in [0.15, 0.2) is 5.16 Å². The van der Waals surface area contributed by atoms with Gasteiger partial charge in [0.2, 0.25) is 0 Å². The van der Waals surface area contributed by atoms with Gasteiger partial charge in [-0.25, -0.2) is 15.8 Å². The number of aromatic nitrogens is 2. The van der Waals surface area contributed by atoms with Crippen molar-refractivity contribution in [2.75, 3.05) is 23.5 Å². The standard InChI is InChI=1S/C12H21N5OS/c1-19-12-15-10(6-11(16-12)17-13)14-7-8-4-2-3-5-9(8)18/h6,8-9,18H,2-5,7,13H2,1H3,(H2,14,15,16,17). The van der Waals surface area contributed by atoms with Gasteiger partial charge in [0.25, 0.3) is 0 Å². The zero-order valence-electron chi connectivity index (χ0n) is 11.1. The van der Waals surface area contributed by atoms with Gasteiger partial charge in [0.05, 0.1) is 6.10 Å². The molecule has 0 radical (unpaired) electrons. The van der Waals surface area contributed by atoms with Crippen LogP contribution in [0.1, 0.15) is 25.7 Å². The predicted octanol–water partition coefficient (Wildman–Crippen LogP) is 1.45. The van der Waals surface area contributed by atoms with E-state index in [4.69, 9.17) is 5.84 Å². The first-order valence-corrected chi connectivity index (χ1v) is 7.77. The van der Waals surface area contributed by atoms with Crippen molar-refractivity contribution >= 4 is 23.4 Å². The third-order valence-electron chi connectivity index (χ3n) is 3.45. The molecular formula is C12H21N5OS. The molecule has 1 fully saturated rings. The molecule has 2 atom stereocenters. The third kappa shape index (κ3) is 3.95. The van der Waals surface area contributed by atoms with Crippen molar-refractivity contribution in [2.24, 2.45) is 11.8 Å². The number of hydrazine groups is 1. The van der Waals surface area contributed by atoms with Gasteiger partial charge in [-0.2, -0.15) is 0 Å². The first-order valence-electron chi connectivity index (χ1n) is 6.54. The van der Waals surface area contributed by atoms with Gasteiger partial charge in [-0.3, -0.25) is 0 Å². The molecule has 0 aliphatic heterocycles. The van der Waals surface area contributed by atoms with Crippen LogP contribution in [0, 0.1) is 5.92 Å². The summed E-state index contributed by atoms with van der Waals surface area (Å²) in [6.45, 7) is 0.732. The summed E-state index contributed by atoms with van der Waals surface area (Å²) in [4.78, 5) is 8.58. The Labute approximate surface area is 117 Å². The SMILES string of the molecule is CSc1nc(NN)cc(NCC2CCCCC2O)n1. The topological polar surface area (TPSA) is 96.1 Å². The van der Waals surface area contributed by atoms with Gasteiger partial charge in [-0.05, 0) is 19.1 Å². The summed E-state index contributed by atoms with van der Waals surface area (Å²) in [5, 5.41) is 13.9. The number of anilines is 2. The fourth-order valence-electron chi connectivity index (χ4n) is 2.34. The van der Waals surface area contributed by atoms with E-state index >= 15 is 0 Å². The lowest BCUT2D eigenvalue weighted by Gasteiger charge is -2.27. The van der Waals surface area contributed by atoms with Crippen LogP contribution in [-0.2, 0) is 0 Å². The number of rotatable bonds is 5. The van der Waals surface area contributed by atoms with E-state index in [9.17, 15) is 5.11 Å². The van der Waals surface area contributed by atoms with Crippen molar-refractivity contribution in [3.8, 4) is 0 Å². The molecule has 2 unspecified atom stereocenters. The molecule has 7 heteroatoms. The maximum absolute atomic E-state index is 9.94. The van der Waals surface area contributed by atoms with Crippen LogP contribution in [0.2, 0.25) is 0 Å². The lowest BCUT2D eigenvalue weighted by atomic mass is 9.86. The van der Waals surface area contributed by atoms with Crippen molar-refractivity contribution in [2.45, 2.75) is 36.9 Å². The molecule has 0 spiro atoms. The molecule has 1 aliphatic rings. The van der Waals surface area contributed by atoms with E-state index in [0.717, 1.165) is 31.6 Å². The van der Waals surface area contributed by atoms with Gasteiger partial charge < -0.3 is 15.8 Å².